The van der Waals surface area contributed by atoms with Crippen LogP contribution in [-0.2, 0) is 9.59 Å². The lowest BCUT2D eigenvalue weighted by atomic mass is 10.1. The first kappa shape index (κ1) is 18.0. The number of aliphatic carboxylic acids is 1. The van der Waals surface area contributed by atoms with Crippen molar-refractivity contribution >= 4 is 34.5 Å². The Balaban J connectivity index is 2.40. The van der Waals surface area contributed by atoms with Gasteiger partial charge in [-0.1, -0.05) is 12.1 Å². The summed E-state index contributed by atoms with van der Waals surface area (Å²) in [6, 6.07) is 5.07. The molecule has 1 amide bonds. The van der Waals surface area contributed by atoms with E-state index < -0.39 is 24.0 Å². The number of rotatable bonds is 7. The highest BCUT2D eigenvalue weighted by atomic mass is 32.2. The monoisotopic (exact) mass is 349 g/mol. The molecule has 2 N–H and O–H groups in total. The van der Waals surface area contributed by atoms with Crippen LogP contribution in [0, 0.1) is 0 Å². The highest BCUT2D eigenvalue weighted by Gasteiger charge is 2.25. The lowest BCUT2D eigenvalue weighted by Gasteiger charge is -2.20. The summed E-state index contributed by atoms with van der Waals surface area (Å²) in [6.45, 7) is 1.38. The van der Waals surface area contributed by atoms with E-state index in [1.165, 1.54) is 17.8 Å². The number of hydrogen-bond donors (Lipinski definition) is 2. The Kier molecular flexibility index (Phi) is 5.97. The largest absolute Gasteiger partial charge is 0.480 e. The number of carbonyl (C=O) groups is 2. The average Bonchev–Trinajstić information content (AvgIpc) is 2.57. The molecule has 8 heteroatoms. The summed E-state index contributed by atoms with van der Waals surface area (Å²) in [5, 5.41) is 11.8. The van der Waals surface area contributed by atoms with Gasteiger partial charge in [0, 0.05) is 0 Å². The zero-order valence-electron chi connectivity index (χ0n) is 13.4. The maximum atomic E-state index is 12.7. The van der Waals surface area contributed by atoms with Crippen LogP contribution in [0.15, 0.2) is 35.4 Å². The van der Waals surface area contributed by atoms with E-state index in [0.29, 0.717) is 23.1 Å². The van der Waals surface area contributed by atoms with Crippen LogP contribution in [0.3, 0.4) is 0 Å². The number of carbonyl (C=O) groups excluding carboxylic acids is 1. The quantitative estimate of drug-likeness (QED) is 0.781. The van der Waals surface area contributed by atoms with E-state index in [9.17, 15) is 14.4 Å². The van der Waals surface area contributed by atoms with E-state index >= 15 is 0 Å². The van der Waals surface area contributed by atoms with Crippen molar-refractivity contribution in [2.75, 3.05) is 12.0 Å². The molecule has 7 nitrogen and oxygen atoms in total. The molecule has 0 spiro atoms. The van der Waals surface area contributed by atoms with Crippen LogP contribution in [0.5, 0.6) is 0 Å². The molecule has 2 atom stereocenters. The maximum absolute atomic E-state index is 12.7. The van der Waals surface area contributed by atoms with Crippen molar-refractivity contribution in [2.45, 2.75) is 25.4 Å². The third-order valence-electron chi connectivity index (χ3n) is 3.65. The molecule has 0 bridgehead atoms. The molecule has 0 unspecified atom stereocenters. The van der Waals surface area contributed by atoms with Crippen molar-refractivity contribution in [1.29, 1.82) is 0 Å². The predicted octanol–water partition coefficient (Wildman–Crippen LogP) is 1.28. The third kappa shape index (κ3) is 3.94. The van der Waals surface area contributed by atoms with E-state index in [0.717, 1.165) is 0 Å². The summed E-state index contributed by atoms with van der Waals surface area (Å²) in [7, 11) is 0. The number of fused-ring (bicyclic) bond motifs is 1. The highest BCUT2D eigenvalue weighted by Crippen LogP contribution is 2.15. The molecule has 0 saturated heterocycles. The van der Waals surface area contributed by atoms with Gasteiger partial charge < -0.3 is 10.4 Å². The molecule has 0 fully saturated rings. The second kappa shape index (κ2) is 7.96. The summed E-state index contributed by atoms with van der Waals surface area (Å²) in [5.41, 5.74) is 0.242. The lowest BCUT2D eigenvalue weighted by molar-refractivity contribution is -0.141. The fourth-order valence-electron chi connectivity index (χ4n) is 2.30. The van der Waals surface area contributed by atoms with Gasteiger partial charge in [0.2, 0.25) is 5.91 Å². The zero-order chi connectivity index (χ0) is 17.7. The minimum Gasteiger partial charge on any atom is -0.480 e. The van der Waals surface area contributed by atoms with Crippen LogP contribution in [0.4, 0.5) is 0 Å². The predicted molar refractivity (Wildman–Crippen MR) is 93.3 cm³/mol. The Morgan fingerprint density at radius 1 is 1.38 bits per heavy atom. The number of para-hydroxylation sites is 1. The van der Waals surface area contributed by atoms with Crippen LogP contribution in [0.25, 0.3) is 10.9 Å². The number of carboxylic acid groups (broad SMARTS) is 1. The summed E-state index contributed by atoms with van der Waals surface area (Å²) >= 11 is 1.54. The van der Waals surface area contributed by atoms with Gasteiger partial charge in [-0.15, -0.1) is 0 Å². The Morgan fingerprint density at radius 3 is 2.75 bits per heavy atom. The number of thioether (sulfide) groups is 1. The molecule has 24 heavy (non-hydrogen) atoms. The number of nitrogens with one attached hydrogen (secondary N) is 1. The van der Waals surface area contributed by atoms with Crippen molar-refractivity contribution in [1.82, 2.24) is 14.9 Å². The number of aromatic nitrogens is 2. The fraction of sp³-hybridized carbons (Fsp3) is 0.375. The summed E-state index contributed by atoms with van der Waals surface area (Å²) < 4.78 is 1.28. The van der Waals surface area contributed by atoms with Crippen LogP contribution in [0.1, 0.15) is 19.4 Å². The minimum atomic E-state index is -1.13. The number of benzene rings is 1. The summed E-state index contributed by atoms with van der Waals surface area (Å²) in [6.07, 6.45) is 3.65. The average molecular weight is 349 g/mol. The first-order valence-corrected chi connectivity index (χ1v) is 8.83. The van der Waals surface area contributed by atoms with Crippen molar-refractivity contribution in [3.05, 3.63) is 40.9 Å². The Labute approximate surface area is 143 Å². The van der Waals surface area contributed by atoms with Gasteiger partial charge in [0.25, 0.3) is 5.56 Å². The van der Waals surface area contributed by atoms with Gasteiger partial charge >= 0.3 is 5.97 Å². The third-order valence-corrected chi connectivity index (χ3v) is 4.30. The molecule has 2 rings (SSSR count). The molecule has 0 radical (unpaired) electrons. The fourth-order valence-corrected chi connectivity index (χ4v) is 2.76. The SMILES string of the molecule is CSCC[C@@H](C(=O)N[C@@H](C)C(=O)O)n1cnc2ccccc2c1=O. The topological polar surface area (TPSA) is 101 Å². The van der Waals surface area contributed by atoms with Gasteiger partial charge in [0.15, 0.2) is 0 Å². The van der Waals surface area contributed by atoms with Crippen LogP contribution < -0.4 is 10.9 Å². The van der Waals surface area contributed by atoms with E-state index in [1.54, 1.807) is 36.0 Å². The van der Waals surface area contributed by atoms with Crippen molar-refractivity contribution in [3.8, 4) is 0 Å². The Hall–Kier alpha value is -2.35. The van der Waals surface area contributed by atoms with Crippen molar-refractivity contribution < 1.29 is 14.7 Å². The van der Waals surface area contributed by atoms with E-state index in [2.05, 4.69) is 10.3 Å². The van der Waals surface area contributed by atoms with Crippen LogP contribution in [-0.4, -0.2) is 44.6 Å². The highest BCUT2D eigenvalue weighted by molar-refractivity contribution is 7.98. The van der Waals surface area contributed by atoms with Crippen molar-refractivity contribution in [2.24, 2.45) is 0 Å². The lowest BCUT2D eigenvalue weighted by Crippen LogP contribution is -2.44. The first-order valence-electron chi connectivity index (χ1n) is 7.43. The molecule has 1 aromatic heterocycles. The van der Waals surface area contributed by atoms with E-state index in [4.69, 9.17) is 5.11 Å². The van der Waals surface area contributed by atoms with Crippen molar-refractivity contribution in [3.63, 3.8) is 0 Å². The molecule has 2 aromatic rings. The number of carboxylic acids is 1. The smallest absolute Gasteiger partial charge is 0.325 e. The number of amides is 1. The Bertz CT molecular complexity index is 805. The van der Waals surface area contributed by atoms with Gasteiger partial charge in [0.1, 0.15) is 12.1 Å². The second-order valence-electron chi connectivity index (χ2n) is 5.34. The first-order chi connectivity index (χ1) is 11.5. The number of nitrogens with zero attached hydrogens (tertiary/aromatic N) is 2. The zero-order valence-corrected chi connectivity index (χ0v) is 14.2. The Morgan fingerprint density at radius 2 is 2.08 bits per heavy atom. The van der Waals surface area contributed by atoms with E-state index in [1.807, 2.05) is 6.26 Å². The van der Waals surface area contributed by atoms with Gasteiger partial charge in [-0.3, -0.25) is 19.0 Å². The molecular formula is C16H19N3O4S. The standard InChI is InChI=1S/C16H19N3O4S/c1-10(16(22)23)18-14(20)13(7-8-24-2)19-9-17-12-6-4-3-5-11(12)15(19)21/h3-6,9-10,13H,7-8H2,1-2H3,(H,18,20)(H,22,23)/t10-,13-/m0/s1. The molecule has 128 valence electrons. The van der Waals surface area contributed by atoms with Gasteiger partial charge in [0.05, 0.1) is 17.2 Å². The summed E-state index contributed by atoms with van der Waals surface area (Å²) in [4.78, 5) is 40.3. The summed E-state index contributed by atoms with van der Waals surface area (Å²) in [5.74, 6) is -0.979. The van der Waals surface area contributed by atoms with E-state index in [-0.39, 0.29) is 5.56 Å². The molecule has 1 heterocycles. The van der Waals surface area contributed by atoms with Gasteiger partial charge in [-0.05, 0) is 37.5 Å². The molecule has 1 aromatic carbocycles. The molecule has 0 aliphatic rings. The van der Waals surface area contributed by atoms with Gasteiger partial charge in [-0.2, -0.15) is 11.8 Å². The normalized spacial score (nSPS) is 13.4. The second-order valence-corrected chi connectivity index (χ2v) is 6.33. The maximum Gasteiger partial charge on any atom is 0.325 e. The molecule has 0 aliphatic carbocycles. The van der Waals surface area contributed by atoms with Gasteiger partial charge in [-0.25, -0.2) is 4.98 Å². The molecular weight excluding hydrogens is 330 g/mol. The van der Waals surface area contributed by atoms with Crippen LogP contribution >= 0.6 is 11.8 Å². The minimum absolute atomic E-state index is 0.315. The molecule has 0 saturated carbocycles. The van der Waals surface area contributed by atoms with Crippen LogP contribution in [0.2, 0.25) is 0 Å². The molecule has 0 aliphatic heterocycles. The number of hydrogen-bond acceptors (Lipinski definition) is 5.